The van der Waals surface area contributed by atoms with Crippen molar-refractivity contribution in [2.75, 3.05) is 44.2 Å². The Hall–Kier alpha value is -3.13. The molecule has 38 heavy (non-hydrogen) atoms. The Labute approximate surface area is 232 Å². The van der Waals surface area contributed by atoms with Gasteiger partial charge in [-0.05, 0) is 72.8 Å². The molecule has 0 saturated carbocycles. The van der Waals surface area contributed by atoms with Crippen LogP contribution in [0.2, 0.25) is 10.0 Å². The number of carbonyl (C=O) groups is 1. The van der Waals surface area contributed by atoms with Gasteiger partial charge in [-0.1, -0.05) is 35.3 Å². The van der Waals surface area contributed by atoms with E-state index in [-0.39, 0.29) is 11.8 Å². The number of likely N-dealkylation sites (tertiary alicyclic amines) is 1. The minimum absolute atomic E-state index is 0.0631. The summed E-state index contributed by atoms with van der Waals surface area (Å²) in [5.74, 6) is 1.17. The highest BCUT2D eigenvalue weighted by atomic mass is 35.5. The van der Waals surface area contributed by atoms with E-state index in [1.165, 1.54) is 10.9 Å². The molecule has 2 aliphatic heterocycles. The van der Waals surface area contributed by atoms with Crippen molar-refractivity contribution in [3.63, 3.8) is 0 Å². The van der Waals surface area contributed by atoms with Gasteiger partial charge in [0.05, 0.1) is 11.6 Å². The van der Waals surface area contributed by atoms with Crippen LogP contribution in [0.3, 0.4) is 0 Å². The van der Waals surface area contributed by atoms with Crippen LogP contribution < -0.4 is 4.90 Å². The van der Waals surface area contributed by atoms with Crippen molar-refractivity contribution >= 4 is 45.8 Å². The lowest BCUT2D eigenvalue weighted by Gasteiger charge is -2.39. The van der Waals surface area contributed by atoms with E-state index in [9.17, 15) is 4.79 Å². The number of rotatable bonds is 5. The summed E-state index contributed by atoms with van der Waals surface area (Å²) in [7, 11) is 0. The molecule has 9 heteroatoms. The summed E-state index contributed by atoms with van der Waals surface area (Å²) < 4.78 is 0. The van der Waals surface area contributed by atoms with Crippen molar-refractivity contribution < 1.29 is 4.79 Å². The van der Waals surface area contributed by atoms with E-state index in [4.69, 9.17) is 23.2 Å². The molecule has 6 rings (SSSR count). The number of hydrogen-bond acceptors (Lipinski definition) is 5. The van der Waals surface area contributed by atoms with E-state index in [2.05, 4.69) is 49.2 Å². The summed E-state index contributed by atoms with van der Waals surface area (Å²) in [6.45, 7) is 5.63. The molecule has 0 bridgehead atoms. The summed E-state index contributed by atoms with van der Waals surface area (Å²) in [6, 6.07) is 17.9. The molecule has 0 spiro atoms. The Morgan fingerprint density at radius 1 is 0.921 bits per heavy atom. The van der Waals surface area contributed by atoms with Crippen LogP contribution in [-0.4, -0.2) is 70.2 Å². The number of anilines is 1. The lowest BCUT2D eigenvalue weighted by atomic mass is 9.95. The molecule has 1 unspecified atom stereocenters. The number of benzene rings is 2. The van der Waals surface area contributed by atoms with Crippen molar-refractivity contribution in [3.05, 3.63) is 76.4 Å². The van der Waals surface area contributed by atoms with Crippen molar-refractivity contribution in [3.8, 4) is 11.3 Å². The molecule has 0 aliphatic carbocycles. The third-order valence-electron chi connectivity index (χ3n) is 7.60. The third kappa shape index (κ3) is 5.51. The number of aromatic nitrogens is 3. The van der Waals surface area contributed by atoms with Gasteiger partial charge in [-0.2, -0.15) is 0 Å². The first kappa shape index (κ1) is 25.2. The zero-order valence-corrected chi connectivity index (χ0v) is 22.6. The molecule has 2 saturated heterocycles. The Kier molecular flexibility index (Phi) is 7.24. The number of amides is 1. The molecule has 1 amide bonds. The molecular formula is C29H30Cl2N6O. The van der Waals surface area contributed by atoms with E-state index in [1.807, 2.05) is 35.4 Å². The topological polar surface area (TPSA) is 68.4 Å². The largest absolute Gasteiger partial charge is 0.361 e. The maximum Gasteiger partial charge on any atom is 0.227 e. The number of nitrogens with one attached hydrogen (secondary N) is 1. The van der Waals surface area contributed by atoms with Gasteiger partial charge in [0.25, 0.3) is 0 Å². The predicted molar refractivity (Wildman–Crippen MR) is 153 cm³/mol. The maximum absolute atomic E-state index is 13.4. The Morgan fingerprint density at radius 2 is 1.74 bits per heavy atom. The zero-order valence-electron chi connectivity index (χ0n) is 21.1. The van der Waals surface area contributed by atoms with Crippen molar-refractivity contribution in [2.45, 2.75) is 19.4 Å². The molecule has 7 nitrogen and oxygen atoms in total. The predicted octanol–water partition coefficient (Wildman–Crippen LogP) is 5.49. The van der Waals surface area contributed by atoms with Gasteiger partial charge in [-0.3, -0.25) is 9.69 Å². The number of nitrogens with zero attached hydrogens (tertiary/aromatic N) is 5. The van der Waals surface area contributed by atoms with Crippen LogP contribution in [0.25, 0.3) is 22.2 Å². The van der Waals surface area contributed by atoms with E-state index >= 15 is 0 Å². The van der Waals surface area contributed by atoms with Crippen LogP contribution in [0, 0.1) is 5.92 Å². The molecule has 2 aromatic heterocycles. The first-order valence-corrected chi connectivity index (χ1v) is 13.9. The van der Waals surface area contributed by atoms with Gasteiger partial charge in [-0.25, -0.2) is 0 Å². The number of fused-ring (bicyclic) bond motifs is 1. The van der Waals surface area contributed by atoms with Crippen LogP contribution in [0.4, 0.5) is 5.82 Å². The lowest BCUT2D eigenvalue weighted by Crippen LogP contribution is -2.52. The van der Waals surface area contributed by atoms with Gasteiger partial charge >= 0.3 is 0 Å². The highest BCUT2D eigenvalue weighted by molar-refractivity contribution is 6.35. The monoisotopic (exact) mass is 548 g/mol. The van der Waals surface area contributed by atoms with Gasteiger partial charge in [0.1, 0.15) is 0 Å². The summed E-state index contributed by atoms with van der Waals surface area (Å²) in [6.07, 6.45) is 4.00. The van der Waals surface area contributed by atoms with Gasteiger partial charge < -0.3 is 14.8 Å². The number of aromatic amines is 1. The Balaban J connectivity index is 1.03. The van der Waals surface area contributed by atoms with Crippen LogP contribution in [0.15, 0.2) is 60.8 Å². The number of carbonyl (C=O) groups excluding carboxylic acids is 1. The smallest absolute Gasteiger partial charge is 0.227 e. The number of piperidine rings is 1. The summed E-state index contributed by atoms with van der Waals surface area (Å²) in [5, 5.41) is 11.2. The van der Waals surface area contributed by atoms with E-state index < -0.39 is 0 Å². The van der Waals surface area contributed by atoms with Crippen molar-refractivity contribution in [1.82, 2.24) is 25.0 Å². The second-order valence-electron chi connectivity index (χ2n) is 10.2. The van der Waals surface area contributed by atoms with Crippen LogP contribution >= 0.6 is 23.2 Å². The fourth-order valence-electron chi connectivity index (χ4n) is 5.62. The highest BCUT2D eigenvalue weighted by Crippen LogP contribution is 2.27. The maximum atomic E-state index is 13.4. The van der Waals surface area contributed by atoms with E-state index in [0.717, 1.165) is 68.2 Å². The first-order valence-electron chi connectivity index (χ1n) is 13.1. The average molecular weight is 550 g/mol. The van der Waals surface area contributed by atoms with Crippen molar-refractivity contribution in [2.24, 2.45) is 5.92 Å². The standard InChI is InChI=1S/C29H30Cl2N6O/c30-24-15-23(16-25(31)17-24)26-5-6-28(34-33-26)36-10-12-37(13-11-36)29(38)22-2-1-9-35(19-22)18-20-3-4-21-7-8-32-27(21)14-20/h3-8,14-17,22,32H,1-2,9-13,18-19H2. The van der Waals surface area contributed by atoms with Crippen LogP contribution in [0.1, 0.15) is 18.4 Å². The lowest BCUT2D eigenvalue weighted by molar-refractivity contribution is -0.137. The summed E-state index contributed by atoms with van der Waals surface area (Å²) in [4.78, 5) is 23.4. The third-order valence-corrected chi connectivity index (χ3v) is 8.04. The molecule has 4 heterocycles. The molecule has 2 fully saturated rings. The fourth-order valence-corrected chi connectivity index (χ4v) is 6.14. The molecule has 0 radical (unpaired) electrons. The highest BCUT2D eigenvalue weighted by Gasteiger charge is 2.31. The second-order valence-corrected chi connectivity index (χ2v) is 11.1. The molecule has 2 aromatic carbocycles. The van der Waals surface area contributed by atoms with Gasteiger partial charge in [0.2, 0.25) is 5.91 Å². The Bertz CT molecular complexity index is 1410. The zero-order chi connectivity index (χ0) is 26.1. The first-order chi connectivity index (χ1) is 18.5. The minimum atomic E-state index is 0.0631. The molecule has 1 N–H and O–H groups in total. The van der Waals surface area contributed by atoms with Crippen LogP contribution in [0.5, 0.6) is 0 Å². The number of piperazine rings is 1. The summed E-state index contributed by atoms with van der Waals surface area (Å²) in [5.41, 5.74) is 4.01. The normalized spacial score (nSPS) is 18.7. The molecular weight excluding hydrogens is 519 g/mol. The van der Waals surface area contributed by atoms with Crippen molar-refractivity contribution in [1.29, 1.82) is 0 Å². The van der Waals surface area contributed by atoms with Gasteiger partial charge in [0.15, 0.2) is 5.82 Å². The van der Waals surface area contributed by atoms with E-state index in [0.29, 0.717) is 23.1 Å². The van der Waals surface area contributed by atoms with Gasteiger partial charge in [0, 0.05) is 66.6 Å². The molecule has 2 aliphatic rings. The average Bonchev–Trinajstić information content (AvgIpc) is 3.41. The number of hydrogen-bond donors (Lipinski definition) is 1. The SMILES string of the molecule is O=C(C1CCCN(Cc2ccc3cc[nH]c3c2)C1)N1CCN(c2ccc(-c3cc(Cl)cc(Cl)c3)nn2)CC1. The second kappa shape index (κ2) is 10.9. The Morgan fingerprint density at radius 3 is 2.50 bits per heavy atom. The fraction of sp³-hybridized carbons (Fsp3) is 0.345. The van der Waals surface area contributed by atoms with E-state index in [1.54, 1.807) is 6.07 Å². The number of H-pyrrole nitrogens is 1. The molecule has 196 valence electrons. The molecule has 1 atom stereocenters. The minimum Gasteiger partial charge on any atom is -0.361 e. The summed E-state index contributed by atoms with van der Waals surface area (Å²) >= 11 is 12.3. The quantitative estimate of drug-likeness (QED) is 0.357. The molecule has 4 aromatic rings. The number of halogens is 2. The van der Waals surface area contributed by atoms with Crippen LogP contribution in [-0.2, 0) is 11.3 Å². The van der Waals surface area contributed by atoms with Gasteiger partial charge in [-0.15, -0.1) is 10.2 Å².